The zero-order chi connectivity index (χ0) is 23.4. The number of rotatable bonds is 14. The van der Waals surface area contributed by atoms with Crippen molar-refractivity contribution in [3.63, 3.8) is 0 Å². The van der Waals surface area contributed by atoms with Gasteiger partial charge in [-0.05, 0) is 0 Å². The molecule has 30 heavy (non-hydrogen) atoms. The van der Waals surface area contributed by atoms with Gasteiger partial charge in [-0.2, -0.15) is 12.6 Å². The van der Waals surface area contributed by atoms with E-state index in [1.165, 1.54) is 0 Å². The molecule has 3 amide bonds. The van der Waals surface area contributed by atoms with E-state index in [9.17, 15) is 24.3 Å². The molecule has 5 atom stereocenters. The van der Waals surface area contributed by atoms with Crippen molar-refractivity contribution < 1.29 is 24.3 Å². The van der Waals surface area contributed by atoms with Crippen LogP contribution in [0.2, 0.25) is 11.1 Å². The Hall–Kier alpha value is -1.29. The van der Waals surface area contributed by atoms with E-state index >= 15 is 0 Å². The van der Waals surface area contributed by atoms with Crippen molar-refractivity contribution in [3.05, 3.63) is 0 Å². The molecule has 0 heterocycles. The van der Waals surface area contributed by atoms with Crippen LogP contribution in [-0.4, -0.2) is 73.7 Å². The van der Waals surface area contributed by atoms with Crippen molar-refractivity contribution in [2.75, 3.05) is 5.75 Å². The molecular weight excluding hydrogens is 475 g/mol. The Morgan fingerprint density at radius 3 is 1.97 bits per heavy atom. The number of hydrogen-bond donors (Lipinski definition) is 6. The molecule has 0 aromatic rings. The fraction of sp³-hybridized carbons (Fsp3) is 0.789. The third-order valence-electron chi connectivity index (χ3n) is 4.80. The Bertz CT molecular complexity index is 593. The summed E-state index contributed by atoms with van der Waals surface area (Å²) in [5, 5.41) is 18.0. The van der Waals surface area contributed by atoms with Crippen LogP contribution in [0.4, 0.5) is 0 Å². The SMILES string of the molecule is CC[C@H](C)[C@H](NC(=O)[C@@H](NC(=O)[C@@H](N)CS)C(C)C)C(=O)N[C@@H](CC[Se]C)C(=O)O. The number of amides is 3. The van der Waals surface area contributed by atoms with Gasteiger partial charge in [0.1, 0.15) is 0 Å². The second-order valence-electron chi connectivity index (χ2n) is 7.57. The van der Waals surface area contributed by atoms with E-state index in [0.29, 0.717) is 27.8 Å². The second kappa shape index (κ2) is 14.7. The Morgan fingerprint density at radius 2 is 1.53 bits per heavy atom. The minimum atomic E-state index is -1.10. The predicted molar refractivity (Wildman–Crippen MR) is 121 cm³/mol. The second-order valence-corrected chi connectivity index (χ2v) is 10.0. The number of hydrogen-bond acceptors (Lipinski definition) is 6. The average molecular weight is 512 g/mol. The van der Waals surface area contributed by atoms with E-state index in [0.717, 1.165) is 5.32 Å². The predicted octanol–water partition coefficient (Wildman–Crippen LogP) is 0.0453. The summed E-state index contributed by atoms with van der Waals surface area (Å²) in [5.41, 5.74) is 5.67. The quantitative estimate of drug-likeness (QED) is 0.143. The van der Waals surface area contributed by atoms with Gasteiger partial charge in [-0.1, -0.05) is 0 Å². The average Bonchev–Trinajstić information content (AvgIpc) is 2.70. The minimum absolute atomic E-state index is 0.131. The molecule has 0 aliphatic heterocycles. The fourth-order valence-electron chi connectivity index (χ4n) is 2.58. The molecule has 174 valence electrons. The van der Waals surface area contributed by atoms with Crippen LogP contribution in [0.15, 0.2) is 0 Å². The van der Waals surface area contributed by atoms with Crippen molar-refractivity contribution in [2.45, 2.75) is 75.8 Å². The van der Waals surface area contributed by atoms with Gasteiger partial charge in [-0.25, -0.2) is 0 Å². The summed E-state index contributed by atoms with van der Waals surface area (Å²) in [6.45, 7) is 7.21. The molecule has 0 saturated carbocycles. The molecule has 0 fully saturated rings. The standard InChI is InChI=1S/C19H36N4O5SSe/c1-6-11(4)15(18(26)21-13(19(27)28)7-8-30-5)23-17(25)14(10(2)3)22-16(24)12(20)9-29/h10-15,29H,6-9,20H2,1-5H3,(H,21,26)(H,22,24)(H,23,25)(H,27,28)/t11-,12-,13-,14-,15-/m0/s1. The van der Waals surface area contributed by atoms with E-state index in [1.54, 1.807) is 20.8 Å². The number of aliphatic carboxylic acids is 1. The van der Waals surface area contributed by atoms with E-state index in [4.69, 9.17) is 5.73 Å². The van der Waals surface area contributed by atoms with Gasteiger partial charge < -0.3 is 5.73 Å². The van der Waals surface area contributed by atoms with Crippen LogP contribution in [0.3, 0.4) is 0 Å². The third kappa shape index (κ3) is 9.68. The summed E-state index contributed by atoms with van der Waals surface area (Å²) in [4.78, 5) is 49.3. The molecule has 0 rings (SSSR count). The molecule has 11 heteroatoms. The van der Waals surface area contributed by atoms with Crippen molar-refractivity contribution in [2.24, 2.45) is 17.6 Å². The summed E-state index contributed by atoms with van der Waals surface area (Å²) in [6.07, 6.45) is 0.933. The Labute approximate surface area is 190 Å². The van der Waals surface area contributed by atoms with Crippen LogP contribution in [0, 0.1) is 11.8 Å². The van der Waals surface area contributed by atoms with Gasteiger partial charge in [-0.15, -0.1) is 0 Å². The molecule has 0 saturated heterocycles. The van der Waals surface area contributed by atoms with Crippen LogP contribution in [0.25, 0.3) is 0 Å². The first-order chi connectivity index (χ1) is 14.0. The van der Waals surface area contributed by atoms with E-state index in [1.807, 2.05) is 12.7 Å². The van der Waals surface area contributed by atoms with Gasteiger partial charge in [0.15, 0.2) is 0 Å². The molecule has 0 aromatic carbocycles. The van der Waals surface area contributed by atoms with Crippen LogP contribution in [0.1, 0.15) is 40.5 Å². The maximum atomic E-state index is 12.9. The van der Waals surface area contributed by atoms with Gasteiger partial charge in [0, 0.05) is 5.75 Å². The Balaban J connectivity index is 5.41. The molecule has 0 spiro atoms. The Morgan fingerprint density at radius 1 is 1.00 bits per heavy atom. The number of carboxylic acids is 1. The fourth-order valence-corrected chi connectivity index (χ4v) is 3.73. The van der Waals surface area contributed by atoms with Crippen molar-refractivity contribution in [1.29, 1.82) is 0 Å². The summed E-state index contributed by atoms with van der Waals surface area (Å²) in [6, 6.07) is -3.67. The van der Waals surface area contributed by atoms with Crippen molar-refractivity contribution in [3.8, 4) is 0 Å². The van der Waals surface area contributed by atoms with Gasteiger partial charge in [0.05, 0.1) is 0 Å². The third-order valence-corrected chi connectivity index (χ3v) is 6.54. The number of carbonyl (C=O) groups is 4. The van der Waals surface area contributed by atoms with Crippen molar-refractivity contribution in [1.82, 2.24) is 16.0 Å². The van der Waals surface area contributed by atoms with Gasteiger partial charge in [0.25, 0.3) is 0 Å². The number of nitrogens with two attached hydrogens (primary N) is 1. The van der Waals surface area contributed by atoms with E-state index in [2.05, 4.69) is 28.6 Å². The number of carbonyl (C=O) groups excluding carboxylic acids is 3. The van der Waals surface area contributed by atoms with E-state index < -0.39 is 47.9 Å². The first-order valence-corrected chi connectivity index (χ1v) is 13.5. The topological polar surface area (TPSA) is 151 Å². The number of thiol groups is 1. The summed E-state index contributed by atoms with van der Waals surface area (Å²) in [5.74, 6) is -1.03. The molecule has 9 nitrogen and oxygen atoms in total. The van der Waals surface area contributed by atoms with Gasteiger partial charge in [-0.3, -0.25) is 0 Å². The summed E-state index contributed by atoms with van der Waals surface area (Å²) < 4.78 is 0. The first kappa shape index (κ1) is 28.7. The van der Waals surface area contributed by atoms with Crippen LogP contribution in [0.5, 0.6) is 0 Å². The molecular formula is C19H36N4O5SSe. The normalized spacial score (nSPS) is 16.1. The maximum absolute atomic E-state index is 12.9. The first-order valence-electron chi connectivity index (χ1n) is 9.99. The molecule has 0 aromatic heterocycles. The van der Waals surface area contributed by atoms with E-state index in [-0.39, 0.29) is 17.6 Å². The zero-order valence-electron chi connectivity index (χ0n) is 18.3. The van der Waals surface area contributed by atoms with Crippen LogP contribution in [-0.2, 0) is 19.2 Å². The van der Waals surface area contributed by atoms with Crippen LogP contribution >= 0.6 is 12.6 Å². The monoisotopic (exact) mass is 512 g/mol. The number of carboxylic acid groups (broad SMARTS) is 1. The summed E-state index contributed by atoms with van der Waals surface area (Å²) in [7, 11) is 0. The van der Waals surface area contributed by atoms with Gasteiger partial charge >= 0.3 is 167 Å². The molecule has 0 aliphatic rings. The Kier molecular flexibility index (Phi) is 14.0. The molecule has 0 unspecified atom stereocenters. The number of nitrogens with one attached hydrogen (secondary N) is 3. The molecule has 0 aliphatic carbocycles. The van der Waals surface area contributed by atoms with Crippen LogP contribution < -0.4 is 21.7 Å². The van der Waals surface area contributed by atoms with Gasteiger partial charge in [0.2, 0.25) is 0 Å². The molecule has 0 radical (unpaired) electrons. The van der Waals surface area contributed by atoms with Crippen molar-refractivity contribution >= 4 is 51.3 Å². The zero-order valence-corrected chi connectivity index (χ0v) is 20.9. The summed E-state index contributed by atoms with van der Waals surface area (Å²) >= 11 is 4.28. The molecule has 0 bridgehead atoms. The molecule has 6 N–H and O–H groups in total.